The first kappa shape index (κ1) is 20.4. The fraction of sp³-hybridized carbons (Fsp3) is 0.350. The van der Waals surface area contributed by atoms with Gasteiger partial charge in [-0.05, 0) is 44.0 Å². The second-order valence-corrected chi connectivity index (χ2v) is 7.85. The molecule has 150 valence electrons. The molecule has 0 saturated heterocycles. The summed E-state index contributed by atoms with van der Waals surface area (Å²) in [5.41, 5.74) is 1.03. The number of ether oxygens (including phenoxy) is 1. The van der Waals surface area contributed by atoms with Crippen LogP contribution < -0.4 is 15.4 Å². The predicted molar refractivity (Wildman–Crippen MR) is 104 cm³/mol. The molecule has 1 amide bonds. The van der Waals surface area contributed by atoms with Gasteiger partial charge in [-0.2, -0.15) is 0 Å². The normalized spacial score (nSPS) is 14.8. The highest BCUT2D eigenvalue weighted by Gasteiger charge is 2.26. The Morgan fingerprint density at radius 2 is 2.11 bits per heavy atom. The average Bonchev–Trinajstić information content (AvgIpc) is 2.61. The summed E-state index contributed by atoms with van der Waals surface area (Å²) >= 11 is 6.11. The zero-order valence-corrected chi connectivity index (χ0v) is 16.3. The van der Waals surface area contributed by atoms with Gasteiger partial charge in [0.15, 0.2) is 6.61 Å². The number of aliphatic hydroxyl groups is 1. The monoisotopic (exact) mass is 408 g/mol. The van der Waals surface area contributed by atoms with Gasteiger partial charge in [0.2, 0.25) is 0 Å². The van der Waals surface area contributed by atoms with Crippen molar-refractivity contribution in [2.75, 3.05) is 18.5 Å². The number of nitrogens with one attached hydrogen (secondary N) is 2. The molecule has 1 heterocycles. The number of rotatable bonds is 6. The molecule has 8 heteroatoms. The number of benzene rings is 2. The van der Waals surface area contributed by atoms with Crippen LogP contribution in [0, 0.1) is 5.82 Å². The lowest BCUT2D eigenvalue weighted by Gasteiger charge is -2.29. The van der Waals surface area contributed by atoms with Gasteiger partial charge >= 0.3 is 0 Å². The molecule has 1 unspecified atom stereocenters. The Morgan fingerprint density at radius 1 is 1.36 bits per heavy atom. The number of amides is 1. The maximum atomic E-state index is 13.2. The third-order valence-corrected chi connectivity index (χ3v) is 4.86. The summed E-state index contributed by atoms with van der Waals surface area (Å²) in [5.74, 6) is -0.466. The van der Waals surface area contributed by atoms with Gasteiger partial charge in [-0.15, -0.1) is 0 Å². The lowest BCUT2D eigenvalue weighted by molar-refractivity contribution is -0.118. The van der Waals surface area contributed by atoms with E-state index in [1.54, 1.807) is 6.07 Å². The lowest BCUT2D eigenvalue weighted by Crippen LogP contribution is -2.43. The van der Waals surface area contributed by atoms with Gasteiger partial charge in [-0.1, -0.05) is 17.7 Å². The number of aromatic hydroxyl groups is 1. The van der Waals surface area contributed by atoms with Crippen molar-refractivity contribution in [2.45, 2.75) is 31.9 Å². The van der Waals surface area contributed by atoms with Crippen LogP contribution in [0.2, 0.25) is 5.02 Å². The second kappa shape index (κ2) is 7.95. The van der Waals surface area contributed by atoms with Crippen LogP contribution in [-0.2, 0) is 11.2 Å². The van der Waals surface area contributed by atoms with Crippen molar-refractivity contribution in [3.8, 4) is 11.5 Å². The van der Waals surface area contributed by atoms with Crippen LogP contribution in [0.15, 0.2) is 30.3 Å². The average molecular weight is 409 g/mol. The minimum absolute atomic E-state index is 0.0871. The van der Waals surface area contributed by atoms with Crippen molar-refractivity contribution in [1.82, 2.24) is 5.32 Å². The number of fused-ring (bicyclic) bond motifs is 1. The van der Waals surface area contributed by atoms with E-state index < -0.39 is 17.5 Å². The largest absolute Gasteiger partial charge is 0.508 e. The first-order valence-electron chi connectivity index (χ1n) is 8.81. The molecule has 1 aliphatic heterocycles. The van der Waals surface area contributed by atoms with Gasteiger partial charge in [-0.3, -0.25) is 4.79 Å². The molecular formula is C20H22ClFN2O4. The van der Waals surface area contributed by atoms with Crippen molar-refractivity contribution < 1.29 is 24.1 Å². The Bertz CT molecular complexity index is 904. The van der Waals surface area contributed by atoms with Gasteiger partial charge in [0.05, 0.1) is 11.8 Å². The Kier molecular flexibility index (Phi) is 5.79. The maximum Gasteiger partial charge on any atom is 0.262 e. The standard InChI is InChI=1S/C20H22ClFN2O4/c1-20(2,8-11-3-4-12(22)5-15(11)21)23-9-17(26)14-6-13(25)7-16-19(14)28-10-18(27)24-16/h3-7,17,23,25-26H,8-10H2,1-2H3,(H,24,27). The molecule has 0 aliphatic carbocycles. The number of hydrogen-bond acceptors (Lipinski definition) is 5. The number of β-amino-alcohol motifs (C(OH)–C–C–N with tert-alkyl or cyclic N) is 1. The van der Waals surface area contributed by atoms with E-state index in [4.69, 9.17) is 16.3 Å². The van der Waals surface area contributed by atoms with Crippen LogP contribution in [0.3, 0.4) is 0 Å². The number of carbonyl (C=O) groups excluding carboxylic acids is 1. The third-order valence-electron chi connectivity index (χ3n) is 4.50. The summed E-state index contributed by atoms with van der Waals surface area (Å²) in [4.78, 5) is 11.5. The van der Waals surface area contributed by atoms with Crippen molar-refractivity contribution >= 4 is 23.2 Å². The van der Waals surface area contributed by atoms with E-state index in [2.05, 4.69) is 10.6 Å². The molecule has 1 aliphatic rings. The highest BCUT2D eigenvalue weighted by atomic mass is 35.5. The van der Waals surface area contributed by atoms with Gasteiger partial charge < -0.3 is 25.6 Å². The van der Waals surface area contributed by atoms with Crippen LogP contribution in [-0.4, -0.2) is 34.8 Å². The molecule has 28 heavy (non-hydrogen) atoms. The fourth-order valence-electron chi connectivity index (χ4n) is 3.15. The van der Waals surface area contributed by atoms with E-state index in [1.165, 1.54) is 24.3 Å². The topological polar surface area (TPSA) is 90.8 Å². The van der Waals surface area contributed by atoms with E-state index in [-0.39, 0.29) is 24.8 Å². The van der Waals surface area contributed by atoms with Crippen molar-refractivity contribution in [3.05, 3.63) is 52.3 Å². The van der Waals surface area contributed by atoms with Crippen molar-refractivity contribution in [2.24, 2.45) is 0 Å². The highest BCUT2D eigenvalue weighted by molar-refractivity contribution is 6.31. The molecule has 0 bridgehead atoms. The number of aliphatic hydroxyl groups excluding tert-OH is 1. The summed E-state index contributed by atoms with van der Waals surface area (Å²) in [6.07, 6.45) is -0.470. The summed E-state index contributed by atoms with van der Waals surface area (Å²) in [6, 6.07) is 7.05. The van der Waals surface area contributed by atoms with Crippen molar-refractivity contribution in [1.29, 1.82) is 0 Å². The predicted octanol–water partition coefficient (Wildman–Crippen LogP) is 3.16. The first-order chi connectivity index (χ1) is 13.1. The Morgan fingerprint density at radius 3 is 2.82 bits per heavy atom. The van der Waals surface area contributed by atoms with Crippen molar-refractivity contribution in [3.63, 3.8) is 0 Å². The SMILES string of the molecule is CC(C)(Cc1ccc(F)cc1Cl)NCC(O)c1cc(O)cc2c1OCC(=O)N2. The zero-order chi connectivity index (χ0) is 20.5. The molecule has 0 saturated carbocycles. The molecule has 2 aromatic rings. The lowest BCUT2D eigenvalue weighted by atomic mass is 9.94. The summed E-state index contributed by atoms with van der Waals surface area (Å²) in [6.45, 7) is 3.89. The van der Waals surface area contributed by atoms with Crippen LogP contribution >= 0.6 is 11.6 Å². The van der Waals surface area contributed by atoms with E-state index >= 15 is 0 Å². The second-order valence-electron chi connectivity index (χ2n) is 7.44. The van der Waals surface area contributed by atoms with Crippen LogP contribution in [0.1, 0.15) is 31.1 Å². The minimum atomic E-state index is -0.987. The quantitative estimate of drug-likeness (QED) is 0.589. The molecule has 0 fully saturated rings. The number of phenolic OH excluding ortho intramolecular Hbond substituents is 1. The number of hydrogen-bond donors (Lipinski definition) is 4. The molecular weight excluding hydrogens is 387 g/mol. The number of phenols is 1. The zero-order valence-electron chi connectivity index (χ0n) is 15.6. The Hall–Kier alpha value is -2.35. The molecule has 2 aromatic carbocycles. The van der Waals surface area contributed by atoms with Crippen LogP contribution in [0.5, 0.6) is 11.5 Å². The summed E-state index contributed by atoms with van der Waals surface area (Å²) in [7, 11) is 0. The molecule has 6 nitrogen and oxygen atoms in total. The van der Waals surface area contributed by atoms with Crippen LogP contribution in [0.25, 0.3) is 0 Å². The molecule has 0 aromatic heterocycles. The van der Waals surface area contributed by atoms with E-state index in [9.17, 15) is 19.4 Å². The number of anilines is 1. The van der Waals surface area contributed by atoms with E-state index in [0.29, 0.717) is 28.4 Å². The highest BCUT2D eigenvalue weighted by Crippen LogP contribution is 2.38. The van der Waals surface area contributed by atoms with Gasteiger partial charge in [0.1, 0.15) is 17.3 Å². The molecule has 1 atom stereocenters. The fourth-order valence-corrected chi connectivity index (χ4v) is 3.38. The van der Waals surface area contributed by atoms with Crippen LogP contribution in [0.4, 0.5) is 10.1 Å². The first-order valence-corrected chi connectivity index (χ1v) is 9.19. The molecule has 0 radical (unpaired) electrons. The van der Waals surface area contributed by atoms with Gasteiger partial charge in [-0.25, -0.2) is 4.39 Å². The Labute approximate surface area is 167 Å². The minimum Gasteiger partial charge on any atom is -0.508 e. The van der Waals surface area contributed by atoms with Gasteiger partial charge in [0, 0.05) is 28.7 Å². The van der Waals surface area contributed by atoms with E-state index in [0.717, 1.165) is 5.56 Å². The Balaban J connectivity index is 1.71. The van der Waals surface area contributed by atoms with E-state index in [1.807, 2.05) is 13.8 Å². The summed E-state index contributed by atoms with van der Waals surface area (Å²) in [5, 5.41) is 26.8. The third kappa shape index (κ3) is 4.73. The smallest absolute Gasteiger partial charge is 0.262 e. The molecule has 0 spiro atoms. The molecule has 3 rings (SSSR count). The summed E-state index contributed by atoms with van der Waals surface area (Å²) < 4.78 is 18.7. The maximum absolute atomic E-state index is 13.2. The van der Waals surface area contributed by atoms with Gasteiger partial charge in [0.25, 0.3) is 5.91 Å². The number of halogens is 2. The number of carbonyl (C=O) groups is 1. The molecule has 4 N–H and O–H groups in total.